The van der Waals surface area contributed by atoms with E-state index in [1.54, 1.807) is 13.4 Å². The van der Waals surface area contributed by atoms with Gasteiger partial charge in [0, 0.05) is 56.5 Å². The molecule has 3 fully saturated rings. The van der Waals surface area contributed by atoms with Gasteiger partial charge in [0.15, 0.2) is 5.82 Å². The maximum atomic E-state index is 5.96. The number of benzene rings is 2. The summed E-state index contributed by atoms with van der Waals surface area (Å²) in [6, 6.07) is 19.5. The zero-order valence-corrected chi connectivity index (χ0v) is 22.0. The van der Waals surface area contributed by atoms with Crippen molar-refractivity contribution in [2.45, 2.75) is 31.3 Å². The van der Waals surface area contributed by atoms with Gasteiger partial charge in [-0.2, -0.15) is 0 Å². The third-order valence-corrected chi connectivity index (χ3v) is 7.81. The fourth-order valence-corrected chi connectivity index (χ4v) is 5.76. The molecule has 1 atom stereocenters. The molecule has 6 rings (SSSR count). The molecule has 0 unspecified atom stereocenters. The van der Waals surface area contributed by atoms with E-state index in [-0.39, 0.29) is 6.04 Å². The zero-order valence-electron chi connectivity index (χ0n) is 22.0. The Balaban J connectivity index is 1.13. The monoisotopic (exact) mass is 516 g/mol. The summed E-state index contributed by atoms with van der Waals surface area (Å²) in [6.07, 6.45) is 4.83. The van der Waals surface area contributed by atoms with Gasteiger partial charge in [0.05, 0.1) is 38.7 Å². The number of nitrogens with zero attached hydrogens (tertiary/aromatic N) is 5. The Labute approximate surface area is 224 Å². The molecule has 3 saturated heterocycles. The van der Waals surface area contributed by atoms with Crippen LogP contribution in [0.4, 0.5) is 23.0 Å². The molecule has 0 amide bonds. The molecule has 3 aliphatic heterocycles. The van der Waals surface area contributed by atoms with Gasteiger partial charge >= 0.3 is 0 Å². The minimum Gasteiger partial charge on any atom is -0.494 e. The number of hydrogen-bond acceptors (Lipinski definition) is 9. The van der Waals surface area contributed by atoms with Gasteiger partial charge in [0.1, 0.15) is 17.9 Å². The van der Waals surface area contributed by atoms with Crippen LogP contribution in [0.1, 0.15) is 30.9 Å². The van der Waals surface area contributed by atoms with Crippen LogP contribution in [-0.4, -0.2) is 74.0 Å². The van der Waals surface area contributed by atoms with Crippen LogP contribution in [0.25, 0.3) is 0 Å². The lowest BCUT2D eigenvalue weighted by molar-refractivity contribution is 0.0115. The van der Waals surface area contributed by atoms with Crippen molar-refractivity contribution in [3.63, 3.8) is 0 Å². The summed E-state index contributed by atoms with van der Waals surface area (Å²) in [5.74, 6) is 2.21. The van der Waals surface area contributed by atoms with Gasteiger partial charge in [-0.05, 0) is 30.5 Å². The predicted octanol–water partition coefficient (Wildman–Crippen LogP) is 4.41. The Hall–Kier alpha value is -3.40. The van der Waals surface area contributed by atoms with Gasteiger partial charge in [-0.25, -0.2) is 15.0 Å². The lowest BCUT2D eigenvalue weighted by Gasteiger charge is -2.40. The van der Waals surface area contributed by atoms with Crippen molar-refractivity contribution >= 4 is 23.0 Å². The molecule has 1 aromatic heterocycles. The highest BCUT2D eigenvalue weighted by atomic mass is 16.7. The summed E-state index contributed by atoms with van der Waals surface area (Å²) in [6.45, 7) is 6.58. The maximum Gasteiger partial charge on any atom is 0.158 e. The van der Waals surface area contributed by atoms with Crippen LogP contribution in [0.15, 0.2) is 60.9 Å². The largest absolute Gasteiger partial charge is 0.494 e. The van der Waals surface area contributed by atoms with Crippen LogP contribution in [0.2, 0.25) is 0 Å². The van der Waals surface area contributed by atoms with E-state index >= 15 is 0 Å². The molecule has 2 aromatic carbocycles. The normalized spacial score (nSPS) is 21.0. The van der Waals surface area contributed by atoms with E-state index in [0.717, 1.165) is 63.1 Å². The first-order valence-corrected chi connectivity index (χ1v) is 13.6. The van der Waals surface area contributed by atoms with Gasteiger partial charge in [-0.3, -0.25) is 9.74 Å². The summed E-state index contributed by atoms with van der Waals surface area (Å²) in [5, 5.41) is 5.32. The standard InChI is InChI=1S/C29H36N6O3/c1-36-27-19-24(33-12-9-23(10-13-33)34-14-17-37-18-15-34)7-8-25(27)32-28-20-29(31-21-30-28)35-26(11-16-38-35)22-5-3-2-4-6-22/h2-8,19-21,23,26H,9-18H2,1H3,(H,30,31,32)/t26-/m1/s1. The number of aromatic nitrogens is 2. The second-order valence-electron chi connectivity index (χ2n) is 10.0. The SMILES string of the molecule is COc1cc(N2CCC(N3CCOCC3)CC2)ccc1Nc1cc(N2OCC[C@@H]2c2ccccc2)ncn1. The molecular weight excluding hydrogens is 480 g/mol. The van der Waals surface area contributed by atoms with Gasteiger partial charge in [0.2, 0.25) is 0 Å². The van der Waals surface area contributed by atoms with Crippen LogP contribution >= 0.6 is 0 Å². The molecule has 9 nitrogen and oxygen atoms in total. The molecule has 200 valence electrons. The molecule has 0 radical (unpaired) electrons. The Kier molecular flexibility index (Phi) is 7.57. The summed E-state index contributed by atoms with van der Waals surface area (Å²) in [7, 11) is 1.71. The van der Waals surface area contributed by atoms with E-state index in [2.05, 4.69) is 67.5 Å². The second kappa shape index (κ2) is 11.6. The molecule has 3 aliphatic rings. The lowest BCUT2D eigenvalue weighted by Crippen LogP contribution is -2.49. The number of ether oxygens (including phenoxy) is 2. The van der Waals surface area contributed by atoms with Crippen molar-refractivity contribution in [1.29, 1.82) is 0 Å². The van der Waals surface area contributed by atoms with Gasteiger partial charge in [0.25, 0.3) is 0 Å². The number of rotatable bonds is 7. The quantitative estimate of drug-likeness (QED) is 0.491. The number of hydrogen-bond donors (Lipinski definition) is 1. The highest BCUT2D eigenvalue weighted by Crippen LogP contribution is 2.36. The predicted molar refractivity (Wildman–Crippen MR) is 148 cm³/mol. The van der Waals surface area contributed by atoms with E-state index in [1.807, 2.05) is 17.2 Å². The number of anilines is 4. The number of piperidine rings is 1. The minimum atomic E-state index is 0.125. The maximum absolute atomic E-state index is 5.96. The van der Waals surface area contributed by atoms with E-state index in [0.29, 0.717) is 18.5 Å². The fourth-order valence-electron chi connectivity index (χ4n) is 5.76. The van der Waals surface area contributed by atoms with Crippen molar-refractivity contribution in [2.75, 3.05) is 68.4 Å². The van der Waals surface area contributed by atoms with E-state index < -0.39 is 0 Å². The molecule has 38 heavy (non-hydrogen) atoms. The summed E-state index contributed by atoms with van der Waals surface area (Å²) in [5.41, 5.74) is 3.27. The van der Waals surface area contributed by atoms with Crippen molar-refractivity contribution in [3.05, 3.63) is 66.5 Å². The van der Waals surface area contributed by atoms with Crippen molar-refractivity contribution in [3.8, 4) is 5.75 Å². The molecule has 0 aliphatic carbocycles. The molecule has 1 N–H and O–H groups in total. The van der Waals surface area contributed by atoms with Gasteiger partial charge in [-0.1, -0.05) is 30.3 Å². The van der Waals surface area contributed by atoms with E-state index in [9.17, 15) is 0 Å². The van der Waals surface area contributed by atoms with E-state index in [4.69, 9.17) is 14.3 Å². The lowest BCUT2D eigenvalue weighted by atomic mass is 10.0. The van der Waals surface area contributed by atoms with Crippen molar-refractivity contribution < 1.29 is 14.3 Å². The highest BCUT2D eigenvalue weighted by Gasteiger charge is 2.29. The average Bonchev–Trinajstić information content (AvgIpc) is 3.49. The first kappa shape index (κ1) is 24.9. The fraction of sp³-hybridized carbons (Fsp3) is 0.448. The molecule has 9 heteroatoms. The first-order chi connectivity index (χ1) is 18.8. The number of nitrogens with one attached hydrogen (secondary N) is 1. The molecule has 0 spiro atoms. The smallest absolute Gasteiger partial charge is 0.158 e. The number of morpholine rings is 1. The van der Waals surface area contributed by atoms with Crippen LogP contribution in [0, 0.1) is 0 Å². The van der Waals surface area contributed by atoms with Gasteiger partial charge in [-0.15, -0.1) is 0 Å². The van der Waals surface area contributed by atoms with Crippen LogP contribution in [0.5, 0.6) is 5.75 Å². The van der Waals surface area contributed by atoms with Crippen LogP contribution in [0.3, 0.4) is 0 Å². The third kappa shape index (κ3) is 5.41. The summed E-state index contributed by atoms with van der Waals surface area (Å²) < 4.78 is 11.3. The number of hydroxylamine groups is 1. The Morgan fingerprint density at radius 2 is 1.71 bits per heavy atom. The van der Waals surface area contributed by atoms with Crippen molar-refractivity contribution in [2.24, 2.45) is 0 Å². The molecular formula is C29H36N6O3. The van der Waals surface area contributed by atoms with Crippen LogP contribution in [-0.2, 0) is 9.57 Å². The molecule has 0 bridgehead atoms. The molecule has 3 aromatic rings. The average molecular weight is 517 g/mol. The Bertz CT molecular complexity index is 1200. The molecule has 0 saturated carbocycles. The Morgan fingerprint density at radius 3 is 2.50 bits per heavy atom. The summed E-state index contributed by atoms with van der Waals surface area (Å²) >= 11 is 0. The Morgan fingerprint density at radius 1 is 0.895 bits per heavy atom. The van der Waals surface area contributed by atoms with Gasteiger partial charge < -0.3 is 19.7 Å². The van der Waals surface area contributed by atoms with Crippen molar-refractivity contribution in [1.82, 2.24) is 14.9 Å². The number of methoxy groups -OCH3 is 1. The zero-order chi connectivity index (χ0) is 25.7. The molecule has 4 heterocycles. The van der Waals surface area contributed by atoms with E-state index in [1.165, 1.54) is 24.1 Å². The highest BCUT2D eigenvalue weighted by molar-refractivity contribution is 5.70. The first-order valence-electron chi connectivity index (χ1n) is 13.6. The minimum absolute atomic E-state index is 0.125. The second-order valence-corrected chi connectivity index (χ2v) is 10.0. The third-order valence-electron chi connectivity index (χ3n) is 7.81. The summed E-state index contributed by atoms with van der Waals surface area (Å²) in [4.78, 5) is 20.0. The topological polar surface area (TPSA) is 75.2 Å². The van der Waals surface area contributed by atoms with Crippen LogP contribution < -0.4 is 20.0 Å².